The fraction of sp³-hybridized carbons (Fsp3) is 0.478. The Morgan fingerprint density at radius 2 is 1.80 bits per heavy atom. The fourth-order valence-electron chi connectivity index (χ4n) is 2.85. The highest BCUT2D eigenvalue weighted by molar-refractivity contribution is 5.98. The lowest BCUT2D eigenvalue weighted by atomic mass is 10.0. The first-order valence-electron chi connectivity index (χ1n) is 9.36. The third-order valence-electron chi connectivity index (χ3n) is 4.18. The fourth-order valence-corrected chi connectivity index (χ4v) is 2.85. The summed E-state index contributed by atoms with van der Waals surface area (Å²) in [6.45, 7) is 8.32. The van der Waals surface area contributed by atoms with E-state index in [4.69, 9.17) is 0 Å². The van der Waals surface area contributed by atoms with Crippen molar-refractivity contribution in [3.05, 3.63) is 59.2 Å². The summed E-state index contributed by atoms with van der Waals surface area (Å²) in [5, 5.41) is 0. The van der Waals surface area contributed by atoms with E-state index in [1.54, 1.807) is 0 Å². The van der Waals surface area contributed by atoms with E-state index in [2.05, 4.69) is 39.8 Å². The normalized spacial score (nSPS) is 14.2. The van der Waals surface area contributed by atoms with Gasteiger partial charge in [0.05, 0.1) is 0 Å². The van der Waals surface area contributed by atoms with E-state index < -0.39 is 0 Å². The molecule has 0 saturated heterocycles. The molecule has 2 nitrogen and oxygen atoms in total. The number of rotatable bonds is 7. The van der Waals surface area contributed by atoms with Crippen molar-refractivity contribution >= 4 is 11.6 Å². The minimum atomic E-state index is 0.334. The van der Waals surface area contributed by atoms with E-state index in [9.17, 15) is 9.59 Å². The first-order valence-corrected chi connectivity index (χ1v) is 9.36. The Kier molecular flexibility index (Phi) is 9.76. The highest BCUT2D eigenvalue weighted by Crippen LogP contribution is 2.24. The molecule has 0 heterocycles. The molecule has 25 heavy (non-hydrogen) atoms. The average molecular weight is 341 g/mol. The van der Waals surface area contributed by atoms with E-state index >= 15 is 0 Å². The molecule has 0 aliphatic heterocycles. The number of carbonyl (C=O) groups is 2. The lowest BCUT2D eigenvalue weighted by Crippen LogP contribution is -2.05. The molecule has 0 saturated carbocycles. The van der Waals surface area contributed by atoms with Crippen molar-refractivity contribution in [2.24, 2.45) is 5.92 Å². The van der Waals surface area contributed by atoms with Crippen LogP contribution in [-0.4, -0.2) is 11.6 Å². The van der Waals surface area contributed by atoms with Crippen molar-refractivity contribution in [1.29, 1.82) is 0 Å². The Morgan fingerprint density at radius 1 is 1.12 bits per heavy atom. The van der Waals surface area contributed by atoms with Gasteiger partial charge in [-0.05, 0) is 43.2 Å². The standard InChI is InChI=1S/C12H16O.C11H16O/c1-10(2)8-12(13)9-11-6-4-3-5-7-11;1-3-4-5-6-10-9(2)7-8-11(10)12/h3-7,10H,8-9H2,1-2H3;4-5H,3,6-8H2,1-2H3/b;5-4+. The molecule has 0 aromatic heterocycles. The summed E-state index contributed by atoms with van der Waals surface area (Å²) in [6, 6.07) is 9.91. The van der Waals surface area contributed by atoms with Gasteiger partial charge in [-0.25, -0.2) is 0 Å². The second-order valence-electron chi connectivity index (χ2n) is 7.06. The van der Waals surface area contributed by atoms with Gasteiger partial charge in [-0.3, -0.25) is 9.59 Å². The average Bonchev–Trinajstić information content (AvgIpc) is 2.88. The molecule has 0 radical (unpaired) electrons. The topological polar surface area (TPSA) is 34.1 Å². The van der Waals surface area contributed by atoms with E-state index in [0.29, 0.717) is 30.3 Å². The van der Waals surface area contributed by atoms with E-state index in [1.807, 2.05) is 30.3 Å². The second kappa shape index (κ2) is 11.6. The first-order chi connectivity index (χ1) is 11.9. The Balaban J connectivity index is 0.000000251. The Labute approximate surface area is 153 Å². The van der Waals surface area contributed by atoms with Gasteiger partial charge in [-0.2, -0.15) is 0 Å². The molecule has 1 aliphatic rings. The first kappa shape index (κ1) is 21.1. The van der Waals surface area contributed by atoms with E-state index in [1.165, 1.54) is 5.57 Å². The van der Waals surface area contributed by atoms with Gasteiger partial charge >= 0.3 is 0 Å². The number of benzene rings is 1. The quantitative estimate of drug-likeness (QED) is 0.582. The number of ketones is 2. The minimum Gasteiger partial charge on any atom is -0.299 e. The molecule has 0 unspecified atom stereocenters. The third-order valence-corrected chi connectivity index (χ3v) is 4.18. The van der Waals surface area contributed by atoms with Gasteiger partial charge in [0, 0.05) is 19.3 Å². The summed E-state index contributed by atoms with van der Waals surface area (Å²) in [6.07, 6.45) is 9.11. The Bertz CT molecular complexity index is 606. The van der Waals surface area contributed by atoms with Gasteiger partial charge in [0.25, 0.3) is 0 Å². The van der Waals surface area contributed by atoms with Crippen molar-refractivity contribution in [3.8, 4) is 0 Å². The maximum atomic E-state index is 11.4. The SMILES string of the molecule is CC(C)CC(=O)Cc1ccccc1.CC/C=C/CC1=C(C)CCC1=O. The second-order valence-corrected chi connectivity index (χ2v) is 7.06. The van der Waals surface area contributed by atoms with Gasteiger partial charge in [0.1, 0.15) is 5.78 Å². The summed E-state index contributed by atoms with van der Waals surface area (Å²) in [5.74, 6) is 1.16. The van der Waals surface area contributed by atoms with Crippen molar-refractivity contribution in [2.45, 2.75) is 66.2 Å². The molecule has 0 N–H and O–H groups in total. The van der Waals surface area contributed by atoms with Crippen LogP contribution in [0.5, 0.6) is 0 Å². The van der Waals surface area contributed by atoms with Gasteiger partial charge in [0.15, 0.2) is 5.78 Å². The molecular weight excluding hydrogens is 308 g/mol. The molecule has 0 spiro atoms. The zero-order chi connectivity index (χ0) is 18.7. The van der Waals surface area contributed by atoms with Gasteiger partial charge in [-0.1, -0.05) is 68.8 Å². The number of carbonyl (C=O) groups excluding carboxylic acids is 2. The zero-order valence-electron chi connectivity index (χ0n) is 16.2. The van der Waals surface area contributed by atoms with Crippen LogP contribution in [-0.2, 0) is 16.0 Å². The molecule has 0 bridgehead atoms. The van der Waals surface area contributed by atoms with Gasteiger partial charge < -0.3 is 0 Å². The largest absolute Gasteiger partial charge is 0.299 e. The monoisotopic (exact) mass is 340 g/mol. The van der Waals surface area contributed by atoms with Crippen molar-refractivity contribution in [1.82, 2.24) is 0 Å². The van der Waals surface area contributed by atoms with E-state index in [-0.39, 0.29) is 0 Å². The molecule has 2 rings (SSSR count). The number of allylic oxidation sites excluding steroid dienone is 4. The van der Waals surface area contributed by atoms with Crippen LogP contribution < -0.4 is 0 Å². The van der Waals surface area contributed by atoms with Gasteiger partial charge in [0.2, 0.25) is 0 Å². The minimum absolute atomic E-state index is 0.334. The zero-order valence-corrected chi connectivity index (χ0v) is 16.2. The molecule has 1 aromatic carbocycles. The summed E-state index contributed by atoms with van der Waals surface area (Å²) >= 11 is 0. The van der Waals surface area contributed by atoms with Crippen LogP contribution in [0.3, 0.4) is 0 Å². The molecule has 0 atom stereocenters. The smallest absolute Gasteiger partial charge is 0.159 e. The molecule has 1 aromatic rings. The molecule has 2 heteroatoms. The number of hydrogen-bond donors (Lipinski definition) is 0. The molecule has 0 fully saturated rings. The molecule has 0 amide bonds. The maximum Gasteiger partial charge on any atom is 0.159 e. The van der Waals surface area contributed by atoms with Crippen molar-refractivity contribution in [2.75, 3.05) is 0 Å². The predicted molar refractivity (Wildman–Crippen MR) is 106 cm³/mol. The lowest BCUT2D eigenvalue weighted by molar-refractivity contribution is -0.119. The van der Waals surface area contributed by atoms with Crippen LogP contribution >= 0.6 is 0 Å². The van der Waals surface area contributed by atoms with Crippen LogP contribution in [0.25, 0.3) is 0 Å². The lowest BCUT2D eigenvalue weighted by Gasteiger charge is -2.03. The Hall–Kier alpha value is -1.96. The van der Waals surface area contributed by atoms with Crippen LogP contribution in [0.15, 0.2) is 53.6 Å². The van der Waals surface area contributed by atoms with Crippen LogP contribution in [0.4, 0.5) is 0 Å². The highest BCUT2D eigenvalue weighted by Gasteiger charge is 2.17. The highest BCUT2D eigenvalue weighted by atomic mass is 16.1. The molecule has 1 aliphatic carbocycles. The van der Waals surface area contributed by atoms with Crippen LogP contribution in [0.1, 0.15) is 65.4 Å². The van der Waals surface area contributed by atoms with Crippen LogP contribution in [0.2, 0.25) is 0 Å². The van der Waals surface area contributed by atoms with E-state index in [0.717, 1.165) is 36.8 Å². The van der Waals surface area contributed by atoms with Crippen molar-refractivity contribution in [3.63, 3.8) is 0 Å². The number of hydrogen-bond acceptors (Lipinski definition) is 2. The predicted octanol–water partition coefficient (Wildman–Crippen LogP) is 5.87. The molecular formula is C23H32O2. The number of Topliss-reactive ketones (excluding diaryl/α,β-unsaturated/α-hetero) is 2. The summed E-state index contributed by atoms with van der Waals surface area (Å²) in [4.78, 5) is 22.7. The molecule has 136 valence electrons. The summed E-state index contributed by atoms with van der Waals surface area (Å²) in [5.41, 5.74) is 3.47. The van der Waals surface area contributed by atoms with Gasteiger partial charge in [-0.15, -0.1) is 0 Å². The van der Waals surface area contributed by atoms with Crippen LogP contribution in [0, 0.1) is 5.92 Å². The maximum absolute atomic E-state index is 11.4. The summed E-state index contributed by atoms with van der Waals surface area (Å²) < 4.78 is 0. The Morgan fingerprint density at radius 3 is 2.32 bits per heavy atom. The third kappa shape index (κ3) is 8.62. The van der Waals surface area contributed by atoms with Crippen molar-refractivity contribution < 1.29 is 9.59 Å². The summed E-state index contributed by atoms with van der Waals surface area (Å²) in [7, 11) is 0.